The van der Waals surface area contributed by atoms with Crippen LogP contribution >= 0.6 is 0 Å². The first kappa shape index (κ1) is 28.5. The predicted octanol–water partition coefficient (Wildman–Crippen LogP) is 3.10. The van der Waals surface area contributed by atoms with Gasteiger partial charge in [-0.3, -0.25) is 19.5 Å². The Morgan fingerprint density at radius 3 is 2.63 bits per heavy atom. The van der Waals surface area contributed by atoms with Crippen molar-refractivity contribution >= 4 is 28.5 Å². The maximum Gasteiger partial charge on any atom is 0.320 e. The van der Waals surface area contributed by atoms with E-state index in [9.17, 15) is 14.0 Å². The molecule has 1 saturated carbocycles. The first-order chi connectivity index (χ1) is 19.9. The number of aromatic nitrogens is 1. The topological polar surface area (TPSA) is 134 Å². The molecule has 2 heterocycles. The number of rotatable bonds is 12. The Bertz CT molecular complexity index is 1400. The normalized spacial score (nSPS) is 16.2. The summed E-state index contributed by atoms with van der Waals surface area (Å²) in [5.41, 5.74) is 6.36. The average Bonchev–Trinajstić information content (AvgIpc) is 3.83. The smallest absolute Gasteiger partial charge is 0.320 e. The van der Waals surface area contributed by atoms with Crippen molar-refractivity contribution in [3.05, 3.63) is 48.4 Å². The van der Waals surface area contributed by atoms with Gasteiger partial charge in [-0.1, -0.05) is 0 Å². The first-order valence-corrected chi connectivity index (χ1v) is 13.5. The van der Waals surface area contributed by atoms with Crippen molar-refractivity contribution in [1.29, 1.82) is 0 Å². The molecule has 2 aromatic carbocycles. The Morgan fingerprint density at radius 2 is 1.93 bits per heavy atom. The number of carbonyl (C=O) groups is 2. The summed E-state index contributed by atoms with van der Waals surface area (Å²) >= 11 is 0. The number of morpholine rings is 1. The van der Waals surface area contributed by atoms with Crippen molar-refractivity contribution in [2.45, 2.75) is 18.9 Å². The third-order valence-corrected chi connectivity index (χ3v) is 6.81. The number of amides is 1. The number of nitrogens with two attached hydrogens (primary N) is 1. The minimum atomic E-state index is -0.617. The molecule has 0 bridgehead atoms. The molecule has 3 aromatic rings. The van der Waals surface area contributed by atoms with E-state index in [-0.39, 0.29) is 30.7 Å². The highest BCUT2D eigenvalue weighted by Gasteiger charge is 2.29. The first-order valence-electron chi connectivity index (χ1n) is 13.5. The van der Waals surface area contributed by atoms with Crippen LogP contribution in [0.15, 0.2) is 42.6 Å². The number of nitrogens with one attached hydrogen (secondary N) is 1. The van der Waals surface area contributed by atoms with Gasteiger partial charge in [0.1, 0.15) is 18.5 Å². The van der Waals surface area contributed by atoms with Gasteiger partial charge in [0.2, 0.25) is 5.91 Å². The molecule has 11 nitrogen and oxygen atoms in total. The molecule has 12 heteroatoms. The van der Waals surface area contributed by atoms with Crippen molar-refractivity contribution in [3.63, 3.8) is 0 Å². The highest BCUT2D eigenvalue weighted by atomic mass is 19.1. The predicted molar refractivity (Wildman–Crippen MR) is 148 cm³/mol. The van der Waals surface area contributed by atoms with Crippen LogP contribution in [-0.4, -0.2) is 81.0 Å². The number of ether oxygens (including phenoxy) is 5. The van der Waals surface area contributed by atoms with Gasteiger partial charge >= 0.3 is 5.97 Å². The number of halogens is 1. The zero-order chi connectivity index (χ0) is 28.8. The highest BCUT2D eigenvalue weighted by molar-refractivity contribution is 5.94. The van der Waals surface area contributed by atoms with Crippen molar-refractivity contribution < 1.29 is 37.7 Å². The van der Waals surface area contributed by atoms with Crippen LogP contribution in [0.1, 0.15) is 12.8 Å². The fourth-order valence-electron chi connectivity index (χ4n) is 4.47. The molecule has 0 spiro atoms. The third-order valence-electron chi connectivity index (χ3n) is 6.81. The molecule has 1 atom stereocenters. The minimum Gasteiger partial charge on any atom is -0.493 e. The van der Waals surface area contributed by atoms with E-state index >= 15 is 0 Å². The molecule has 5 rings (SSSR count). The Hall–Kier alpha value is -4.00. The molecule has 1 aliphatic heterocycles. The number of nitrogens with zero attached hydrogens (tertiary/aromatic N) is 2. The fraction of sp³-hybridized carbons (Fsp3) is 0.414. The van der Waals surface area contributed by atoms with Crippen molar-refractivity contribution in [2.75, 3.05) is 58.4 Å². The highest BCUT2D eigenvalue weighted by Crippen LogP contribution is 2.38. The second-order valence-corrected chi connectivity index (χ2v) is 9.88. The van der Waals surface area contributed by atoms with Gasteiger partial charge in [0.25, 0.3) is 0 Å². The summed E-state index contributed by atoms with van der Waals surface area (Å²) in [6, 6.07) is 9.30. The number of carbonyl (C=O) groups excluding carboxylic acids is 2. The van der Waals surface area contributed by atoms with Gasteiger partial charge in [-0.25, -0.2) is 4.39 Å². The molecule has 1 unspecified atom stereocenters. The van der Waals surface area contributed by atoms with E-state index < -0.39 is 17.9 Å². The van der Waals surface area contributed by atoms with Crippen LogP contribution < -0.4 is 25.3 Å². The summed E-state index contributed by atoms with van der Waals surface area (Å²) in [6.07, 6.45) is 2.70. The monoisotopic (exact) mass is 568 g/mol. The SMILES string of the molecule is COc1cc2c(Oc3ccc(NC(=O)C4CC4)cc3F)ccnc2cc1OCC(CN1CCOCC1)OC(=O)CN. The molecule has 1 aliphatic carbocycles. The standard InChI is InChI=1S/C29H33FN4O7/c1-37-26-13-21-23(14-27(26)39-17-20(40-28(35)15-31)16-34-8-10-38-11-9-34)32-7-6-24(21)41-25-5-4-19(12-22(25)30)33-29(36)18-2-3-18/h4-7,12-14,18,20H,2-3,8-11,15-17,31H2,1H3,(H,33,36). The number of anilines is 1. The number of hydrogen-bond acceptors (Lipinski definition) is 10. The van der Waals surface area contributed by atoms with E-state index in [0.29, 0.717) is 53.6 Å². The lowest BCUT2D eigenvalue weighted by molar-refractivity contribution is -0.150. The Balaban J connectivity index is 1.32. The Kier molecular flexibility index (Phi) is 9.12. The lowest BCUT2D eigenvalue weighted by atomic mass is 10.1. The van der Waals surface area contributed by atoms with Gasteiger partial charge in [-0.05, 0) is 37.1 Å². The number of esters is 1. The minimum absolute atomic E-state index is 0.00566. The lowest BCUT2D eigenvalue weighted by Crippen LogP contribution is -2.44. The van der Waals surface area contributed by atoms with Crippen LogP contribution in [0, 0.1) is 11.7 Å². The van der Waals surface area contributed by atoms with Crippen molar-refractivity contribution in [2.24, 2.45) is 11.7 Å². The van der Waals surface area contributed by atoms with Gasteiger partial charge in [0.15, 0.2) is 23.1 Å². The molecule has 1 aromatic heterocycles. The second-order valence-electron chi connectivity index (χ2n) is 9.88. The number of fused-ring (bicyclic) bond motifs is 1. The summed E-state index contributed by atoms with van der Waals surface area (Å²) in [6.45, 7) is 2.97. The quantitative estimate of drug-likeness (QED) is 0.314. The van der Waals surface area contributed by atoms with E-state index in [1.165, 1.54) is 19.2 Å². The van der Waals surface area contributed by atoms with Crippen LogP contribution in [-0.2, 0) is 19.1 Å². The lowest BCUT2D eigenvalue weighted by Gasteiger charge is -2.30. The van der Waals surface area contributed by atoms with E-state index in [0.717, 1.165) is 25.9 Å². The summed E-state index contributed by atoms with van der Waals surface area (Å²) in [5.74, 6) is -0.0952. The van der Waals surface area contributed by atoms with Crippen LogP contribution in [0.3, 0.4) is 0 Å². The number of methoxy groups -OCH3 is 1. The summed E-state index contributed by atoms with van der Waals surface area (Å²) in [5, 5.41) is 3.30. The summed E-state index contributed by atoms with van der Waals surface area (Å²) < 4.78 is 43.3. The average molecular weight is 569 g/mol. The van der Waals surface area contributed by atoms with E-state index in [2.05, 4.69) is 15.2 Å². The molecule has 2 fully saturated rings. The van der Waals surface area contributed by atoms with Crippen molar-refractivity contribution in [1.82, 2.24) is 9.88 Å². The maximum atomic E-state index is 14.9. The van der Waals surface area contributed by atoms with Crippen LogP contribution in [0.4, 0.5) is 10.1 Å². The molecule has 41 heavy (non-hydrogen) atoms. The zero-order valence-corrected chi connectivity index (χ0v) is 22.8. The van der Waals surface area contributed by atoms with Gasteiger partial charge in [0, 0.05) is 55.0 Å². The molecular formula is C29H33FN4O7. The van der Waals surface area contributed by atoms with Gasteiger partial charge < -0.3 is 34.7 Å². The zero-order valence-electron chi connectivity index (χ0n) is 22.8. The summed E-state index contributed by atoms with van der Waals surface area (Å²) in [7, 11) is 1.50. The van der Waals surface area contributed by atoms with Gasteiger partial charge in [-0.15, -0.1) is 0 Å². The summed E-state index contributed by atoms with van der Waals surface area (Å²) in [4.78, 5) is 30.5. The van der Waals surface area contributed by atoms with E-state index in [1.54, 1.807) is 30.5 Å². The second kappa shape index (κ2) is 13.1. The molecule has 1 amide bonds. The van der Waals surface area contributed by atoms with Crippen LogP contribution in [0.5, 0.6) is 23.0 Å². The fourth-order valence-corrected chi connectivity index (χ4v) is 4.47. The van der Waals surface area contributed by atoms with Crippen LogP contribution in [0.2, 0.25) is 0 Å². The largest absolute Gasteiger partial charge is 0.493 e. The number of pyridine rings is 1. The molecule has 0 radical (unpaired) electrons. The van der Waals surface area contributed by atoms with Crippen LogP contribution in [0.25, 0.3) is 10.9 Å². The van der Waals surface area contributed by atoms with Gasteiger partial charge in [0.05, 0.1) is 32.4 Å². The van der Waals surface area contributed by atoms with E-state index in [4.69, 9.17) is 29.4 Å². The number of hydrogen-bond donors (Lipinski definition) is 2. The maximum absolute atomic E-state index is 14.9. The Labute approximate surface area is 236 Å². The van der Waals surface area contributed by atoms with Crippen molar-refractivity contribution in [3.8, 4) is 23.0 Å². The number of benzene rings is 2. The molecule has 2 aliphatic rings. The third kappa shape index (κ3) is 7.40. The molecule has 3 N–H and O–H groups in total. The van der Waals surface area contributed by atoms with Gasteiger partial charge in [-0.2, -0.15) is 0 Å². The molecule has 1 saturated heterocycles. The Morgan fingerprint density at radius 1 is 1.12 bits per heavy atom. The van der Waals surface area contributed by atoms with E-state index in [1.807, 2.05) is 0 Å². The molecular weight excluding hydrogens is 535 g/mol. The molecule has 218 valence electrons.